The molecule has 0 fully saturated rings. The summed E-state index contributed by atoms with van der Waals surface area (Å²) in [6.45, 7) is 0. The molecule has 0 radical (unpaired) electrons. The summed E-state index contributed by atoms with van der Waals surface area (Å²) >= 11 is 6.96. The van der Waals surface area contributed by atoms with E-state index < -0.39 is 0 Å². The highest BCUT2D eigenvalue weighted by atomic mass is 79.9. The third kappa shape index (κ3) is 2.02. The van der Waals surface area contributed by atoms with Gasteiger partial charge in [0.1, 0.15) is 5.58 Å². The minimum atomic E-state index is 0.787. The zero-order valence-corrected chi connectivity index (χ0v) is 12.7. The Morgan fingerprint density at radius 2 is 1.67 bits per heavy atom. The lowest BCUT2D eigenvalue weighted by molar-refractivity contribution is 0.589. The lowest BCUT2D eigenvalue weighted by atomic mass is 10.0. The van der Waals surface area contributed by atoms with Gasteiger partial charge in [0.25, 0.3) is 0 Å². The van der Waals surface area contributed by atoms with Crippen LogP contribution in [0.15, 0.2) is 57.6 Å². The van der Waals surface area contributed by atoms with Gasteiger partial charge in [0.2, 0.25) is 0 Å². The number of rotatable bonds is 2. The van der Waals surface area contributed by atoms with Crippen molar-refractivity contribution < 1.29 is 4.42 Å². The lowest BCUT2D eigenvalue weighted by Crippen LogP contribution is -1.79. The van der Waals surface area contributed by atoms with E-state index in [0.717, 1.165) is 32.1 Å². The van der Waals surface area contributed by atoms with Crippen LogP contribution >= 0.6 is 31.9 Å². The molecule has 0 aliphatic rings. The molecule has 0 saturated carbocycles. The lowest BCUT2D eigenvalue weighted by Gasteiger charge is -2.01. The smallest absolute Gasteiger partial charge is 0.178 e. The van der Waals surface area contributed by atoms with Gasteiger partial charge in [0.05, 0.1) is 0 Å². The maximum absolute atomic E-state index is 5.72. The zero-order valence-electron chi connectivity index (χ0n) is 9.49. The van der Waals surface area contributed by atoms with Crippen LogP contribution in [-0.2, 0) is 5.33 Å². The molecule has 3 heteroatoms. The molecule has 0 bridgehead atoms. The Kier molecular flexibility index (Phi) is 3.27. The van der Waals surface area contributed by atoms with Crippen molar-refractivity contribution in [2.45, 2.75) is 5.33 Å². The van der Waals surface area contributed by atoms with Crippen LogP contribution < -0.4 is 0 Å². The number of halogens is 2. The van der Waals surface area contributed by atoms with Gasteiger partial charge in [0.15, 0.2) is 4.67 Å². The van der Waals surface area contributed by atoms with Gasteiger partial charge in [-0.05, 0) is 33.1 Å². The Labute approximate surface area is 122 Å². The average molecular weight is 366 g/mol. The first kappa shape index (κ1) is 12.0. The van der Waals surface area contributed by atoms with E-state index in [1.54, 1.807) is 0 Å². The van der Waals surface area contributed by atoms with Crippen LogP contribution in [0.2, 0.25) is 0 Å². The molecule has 0 unspecified atom stereocenters. The summed E-state index contributed by atoms with van der Waals surface area (Å²) < 4.78 is 6.50. The zero-order chi connectivity index (χ0) is 12.5. The van der Waals surface area contributed by atoms with Gasteiger partial charge in [-0.25, -0.2) is 0 Å². The highest BCUT2D eigenvalue weighted by Crippen LogP contribution is 2.38. The van der Waals surface area contributed by atoms with Crippen LogP contribution in [0.1, 0.15) is 5.56 Å². The number of alkyl halides is 1. The fourth-order valence-corrected chi connectivity index (χ4v) is 3.04. The third-order valence-corrected chi connectivity index (χ3v) is 4.16. The fourth-order valence-electron chi connectivity index (χ4n) is 2.05. The SMILES string of the molecule is BrCc1ccc(-c2c(Br)oc3ccccc23)cc1. The molecule has 1 aromatic heterocycles. The maximum atomic E-state index is 5.72. The van der Waals surface area contributed by atoms with Crippen molar-refractivity contribution in [1.82, 2.24) is 0 Å². The molecule has 1 heterocycles. The van der Waals surface area contributed by atoms with E-state index in [1.807, 2.05) is 18.2 Å². The van der Waals surface area contributed by atoms with Gasteiger partial charge >= 0.3 is 0 Å². The van der Waals surface area contributed by atoms with Crippen LogP contribution in [0.4, 0.5) is 0 Å². The molecule has 0 aliphatic carbocycles. The van der Waals surface area contributed by atoms with E-state index in [9.17, 15) is 0 Å². The predicted molar refractivity (Wildman–Crippen MR) is 82.0 cm³/mol. The average Bonchev–Trinajstić information content (AvgIpc) is 2.75. The van der Waals surface area contributed by atoms with Crippen molar-refractivity contribution in [1.29, 1.82) is 0 Å². The van der Waals surface area contributed by atoms with Crippen LogP contribution in [0.3, 0.4) is 0 Å². The third-order valence-electron chi connectivity index (χ3n) is 2.95. The molecule has 1 nitrogen and oxygen atoms in total. The molecule has 0 spiro atoms. The summed E-state index contributed by atoms with van der Waals surface area (Å²) in [5, 5.41) is 2.01. The molecule has 0 N–H and O–H groups in total. The monoisotopic (exact) mass is 364 g/mol. The van der Waals surface area contributed by atoms with E-state index in [4.69, 9.17) is 4.42 Å². The second-order valence-corrected chi connectivity index (χ2v) is 5.36. The first-order valence-electron chi connectivity index (χ1n) is 5.62. The van der Waals surface area contributed by atoms with Crippen LogP contribution in [0.5, 0.6) is 0 Å². The van der Waals surface area contributed by atoms with E-state index >= 15 is 0 Å². The highest BCUT2D eigenvalue weighted by molar-refractivity contribution is 9.10. The van der Waals surface area contributed by atoms with Crippen molar-refractivity contribution in [3.8, 4) is 11.1 Å². The molecule has 2 aromatic carbocycles. The molecule has 0 atom stereocenters. The minimum absolute atomic E-state index is 0.787. The Morgan fingerprint density at radius 3 is 2.39 bits per heavy atom. The van der Waals surface area contributed by atoms with E-state index in [1.165, 1.54) is 5.56 Å². The quantitative estimate of drug-likeness (QED) is 0.526. The number of hydrogen-bond donors (Lipinski definition) is 0. The Morgan fingerprint density at radius 1 is 0.944 bits per heavy atom. The van der Waals surface area contributed by atoms with E-state index in [0.29, 0.717) is 0 Å². The van der Waals surface area contributed by atoms with Crippen molar-refractivity contribution >= 4 is 42.8 Å². The van der Waals surface area contributed by atoms with E-state index in [-0.39, 0.29) is 0 Å². The summed E-state index contributed by atoms with van der Waals surface area (Å²) in [5.41, 5.74) is 4.45. The predicted octanol–water partition coefficient (Wildman–Crippen LogP) is 5.76. The second-order valence-electron chi connectivity index (χ2n) is 4.08. The molecule has 3 rings (SSSR count). The van der Waals surface area contributed by atoms with Gasteiger partial charge in [-0.3, -0.25) is 0 Å². The molecule has 90 valence electrons. The fraction of sp³-hybridized carbons (Fsp3) is 0.0667. The summed E-state index contributed by atoms with van der Waals surface area (Å²) in [6.07, 6.45) is 0. The largest absolute Gasteiger partial charge is 0.449 e. The standard InChI is InChI=1S/C15H10Br2O/c16-9-10-5-7-11(8-6-10)14-12-3-1-2-4-13(12)18-15(14)17/h1-8H,9H2. The molecule has 0 saturated heterocycles. The van der Waals surface area contributed by atoms with Crippen molar-refractivity contribution in [3.05, 3.63) is 58.8 Å². The maximum Gasteiger partial charge on any atom is 0.178 e. The number of para-hydroxylation sites is 1. The molecular weight excluding hydrogens is 356 g/mol. The van der Waals surface area contributed by atoms with Gasteiger partial charge in [0, 0.05) is 16.3 Å². The minimum Gasteiger partial charge on any atom is -0.449 e. The van der Waals surface area contributed by atoms with Crippen LogP contribution in [0, 0.1) is 0 Å². The van der Waals surface area contributed by atoms with Crippen molar-refractivity contribution in [3.63, 3.8) is 0 Å². The van der Waals surface area contributed by atoms with Crippen molar-refractivity contribution in [2.75, 3.05) is 0 Å². The Balaban J connectivity index is 2.20. The second kappa shape index (κ2) is 4.90. The molecule has 18 heavy (non-hydrogen) atoms. The molecular formula is C15H10Br2O. The number of hydrogen-bond acceptors (Lipinski definition) is 1. The summed E-state index contributed by atoms with van der Waals surface area (Å²) in [5.74, 6) is 0. The highest BCUT2D eigenvalue weighted by Gasteiger charge is 2.13. The first-order valence-corrected chi connectivity index (χ1v) is 7.53. The number of fused-ring (bicyclic) bond motifs is 1. The number of benzene rings is 2. The summed E-state index contributed by atoms with van der Waals surface area (Å²) in [7, 11) is 0. The van der Waals surface area contributed by atoms with Crippen LogP contribution in [0.25, 0.3) is 22.1 Å². The molecule has 0 amide bonds. The van der Waals surface area contributed by atoms with Crippen molar-refractivity contribution in [2.24, 2.45) is 0 Å². The molecule has 0 aliphatic heterocycles. The first-order chi connectivity index (χ1) is 8.79. The van der Waals surface area contributed by atoms with Gasteiger partial charge in [-0.1, -0.05) is 58.4 Å². The normalized spacial score (nSPS) is 11.0. The van der Waals surface area contributed by atoms with Crippen LogP contribution in [-0.4, -0.2) is 0 Å². The summed E-state index contributed by atoms with van der Waals surface area (Å²) in [4.78, 5) is 0. The van der Waals surface area contributed by atoms with E-state index in [2.05, 4.69) is 62.2 Å². The Bertz CT molecular complexity index is 683. The number of furan rings is 1. The summed E-state index contributed by atoms with van der Waals surface area (Å²) in [6, 6.07) is 16.6. The Hall–Kier alpha value is -1.06. The van der Waals surface area contributed by atoms with Gasteiger partial charge in [-0.2, -0.15) is 0 Å². The molecule has 3 aromatic rings. The van der Waals surface area contributed by atoms with Gasteiger partial charge < -0.3 is 4.42 Å². The topological polar surface area (TPSA) is 13.1 Å². The van der Waals surface area contributed by atoms with Gasteiger partial charge in [-0.15, -0.1) is 0 Å².